The predicted molar refractivity (Wildman–Crippen MR) is 75.5 cm³/mol. The molecule has 88 valence electrons. The summed E-state index contributed by atoms with van der Waals surface area (Å²) in [5, 5.41) is 0. The van der Waals surface area contributed by atoms with Crippen molar-refractivity contribution in [3.8, 4) is 10.4 Å². The van der Waals surface area contributed by atoms with Gasteiger partial charge in [-0.2, -0.15) is 0 Å². The first-order valence-electron chi connectivity index (χ1n) is 5.15. The molecule has 0 N–H and O–H groups in total. The van der Waals surface area contributed by atoms with Gasteiger partial charge in [-0.25, -0.2) is 0 Å². The van der Waals surface area contributed by atoms with Crippen molar-refractivity contribution in [1.29, 1.82) is 0 Å². The summed E-state index contributed by atoms with van der Waals surface area (Å²) in [4.78, 5) is 15.3. The number of carbonyl (C=O) groups excluding carboxylic acids is 1. The van der Waals surface area contributed by atoms with E-state index in [9.17, 15) is 4.79 Å². The Morgan fingerprint density at radius 1 is 1.12 bits per heavy atom. The highest BCUT2D eigenvalue weighted by molar-refractivity contribution is 9.10. The lowest BCUT2D eigenvalue weighted by molar-refractivity contribution is 0.0832. The van der Waals surface area contributed by atoms with Crippen molar-refractivity contribution < 1.29 is 4.79 Å². The number of hydrogen-bond donors (Lipinski definition) is 0. The molecule has 2 nitrogen and oxygen atoms in total. The van der Waals surface area contributed by atoms with Crippen LogP contribution in [0.1, 0.15) is 9.67 Å². The van der Waals surface area contributed by atoms with E-state index >= 15 is 0 Å². The summed E-state index contributed by atoms with van der Waals surface area (Å²) in [5.41, 5.74) is 1.14. The first kappa shape index (κ1) is 12.3. The number of carbonyl (C=O) groups is 1. The second-order valence-electron chi connectivity index (χ2n) is 3.87. The molecule has 0 saturated heterocycles. The van der Waals surface area contributed by atoms with Gasteiger partial charge in [0.2, 0.25) is 0 Å². The molecule has 0 radical (unpaired) electrons. The monoisotopic (exact) mass is 309 g/mol. The lowest BCUT2D eigenvalue weighted by Gasteiger charge is -2.07. The van der Waals surface area contributed by atoms with Crippen molar-refractivity contribution >= 4 is 33.2 Å². The van der Waals surface area contributed by atoms with Crippen LogP contribution in [0.5, 0.6) is 0 Å². The van der Waals surface area contributed by atoms with Crippen molar-refractivity contribution in [3.63, 3.8) is 0 Å². The average molecular weight is 310 g/mol. The molecule has 0 bridgehead atoms. The molecule has 1 aromatic heterocycles. The number of thiophene rings is 1. The lowest BCUT2D eigenvalue weighted by atomic mass is 10.2. The Morgan fingerprint density at radius 2 is 1.76 bits per heavy atom. The normalized spacial score (nSPS) is 10.3. The van der Waals surface area contributed by atoms with Crippen LogP contribution in [0.3, 0.4) is 0 Å². The quantitative estimate of drug-likeness (QED) is 0.824. The molecule has 0 unspecified atom stereocenters. The molecule has 2 aromatic rings. The fourth-order valence-electron chi connectivity index (χ4n) is 1.44. The molecule has 0 atom stereocenters. The summed E-state index contributed by atoms with van der Waals surface area (Å²) in [6.07, 6.45) is 0. The molecule has 0 aliphatic heterocycles. The highest BCUT2D eigenvalue weighted by atomic mass is 79.9. The topological polar surface area (TPSA) is 20.3 Å². The molecule has 0 fully saturated rings. The third-order valence-corrected chi connectivity index (χ3v) is 4.00. The van der Waals surface area contributed by atoms with Gasteiger partial charge in [0.1, 0.15) is 0 Å². The Morgan fingerprint density at radius 3 is 2.35 bits per heavy atom. The third-order valence-electron chi connectivity index (χ3n) is 2.35. The lowest BCUT2D eigenvalue weighted by Crippen LogP contribution is -2.20. The van der Waals surface area contributed by atoms with Crippen LogP contribution in [-0.2, 0) is 0 Å². The summed E-state index contributed by atoms with van der Waals surface area (Å²) in [7, 11) is 3.53. The maximum absolute atomic E-state index is 11.8. The van der Waals surface area contributed by atoms with E-state index in [2.05, 4.69) is 15.9 Å². The summed E-state index contributed by atoms with van der Waals surface area (Å²) in [6, 6.07) is 12.0. The molecule has 1 amide bonds. The predicted octanol–water partition coefficient (Wildman–Crippen LogP) is 3.88. The van der Waals surface area contributed by atoms with Crippen LogP contribution >= 0.6 is 27.3 Å². The summed E-state index contributed by atoms with van der Waals surface area (Å²) in [6.45, 7) is 0. The Bertz CT molecular complexity index is 531. The highest BCUT2D eigenvalue weighted by Gasteiger charge is 2.11. The fraction of sp³-hybridized carbons (Fsp3) is 0.154. The zero-order chi connectivity index (χ0) is 12.4. The van der Waals surface area contributed by atoms with Gasteiger partial charge in [0, 0.05) is 23.4 Å². The van der Waals surface area contributed by atoms with Gasteiger partial charge in [0.15, 0.2) is 0 Å². The SMILES string of the molecule is CN(C)C(=O)c1ccc(-c2ccc(Br)cc2)s1. The zero-order valence-electron chi connectivity index (χ0n) is 9.61. The smallest absolute Gasteiger partial charge is 0.263 e. The summed E-state index contributed by atoms with van der Waals surface area (Å²) < 4.78 is 1.06. The van der Waals surface area contributed by atoms with Crippen LogP contribution < -0.4 is 0 Å². The van der Waals surface area contributed by atoms with E-state index in [0.717, 1.165) is 19.8 Å². The van der Waals surface area contributed by atoms with Gasteiger partial charge in [-0.3, -0.25) is 4.79 Å². The third kappa shape index (κ3) is 2.76. The van der Waals surface area contributed by atoms with E-state index in [1.807, 2.05) is 36.4 Å². The van der Waals surface area contributed by atoms with Crippen LogP contribution in [-0.4, -0.2) is 24.9 Å². The van der Waals surface area contributed by atoms with Crippen LogP contribution in [0.4, 0.5) is 0 Å². The molecule has 1 heterocycles. The summed E-state index contributed by atoms with van der Waals surface area (Å²) >= 11 is 4.93. The second kappa shape index (κ2) is 5.02. The largest absolute Gasteiger partial charge is 0.344 e. The van der Waals surface area contributed by atoms with Gasteiger partial charge in [0.25, 0.3) is 5.91 Å². The maximum Gasteiger partial charge on any atom is 0.263 e. The van der Waals surface area contributed by atoms with Crippen LogP contribution in [0.15, 0.2) is 40.9 Å². The molecule has 4 heteroatoms. The van der Waals surface area contributed by atoms with Gasteiger partial charge in [0.05, 0.1) is 4.88 Å². The minimum atomic E-state index is 0.0540. The molecular formula is C13H12BrNOS. The number of benzene rings is 1. The van der Waals surface area contributed by atoms with Gasteiger partial charge in [-0.05, 0) is 29.8 Å². The molecule has 0 saturated carbocycles. The standard InChI is InChI=1S/C13H12BrNOS/c1-15(2)13(16)12-8-7-11(17-12)9-3-5-10(14)6-4-9/h3-8H,1-2H3. The minimum absolute atomic E-state index is 0.0540. The molecule has 1 aromatic carbocycles. The second-order valence-corrected chi connectivity index (χ2v) is 5.87. The Kier molecular flexibility index (Phi) is 3.64. The highest BCUT2D eigenvalue weighted by Crippen LogP contribution is 2.29. The van der Waals surface area contributed by atoms with Crippen molar-refractivity contribution in [2.45, 2.75) is 0 Å². The van der Waals surface area contributed by atoms with Crippen molar-refractivity contribution in [2.24, 2.45) is 0 Å². The van der Waals surface area contributed by atoms with E-state index < -0.39 is 0 Å². The first-order valence-corrected chi connectivity index (χ1v) is 6.76. The van der Waals surface area contributed by atoms with E-state index in [-0.39, 0.29) is 5.91 Å². The Hall–Kier alpha value is -1.13. The Balaban J connectivity index is 2.30. The first-order chi connectivity index (χ1) is 8.08. The molecular weight excluding hydrogens is 298 g/mol. The number of rotatable bonds is 2. The minimum Gasteiger partial charge on any atom is -0.344 e. The maximum atomic E-state index is 11.8. The average Bonchev–Trinajstić information content (AvgIpc) is 2.78. The number of amides is 1. The molecule has 0 aliphatic rings. The summed E-state index contributed by atoms with van der Waals surface area (Å²) in [5.74, 6) is 0.0540. The number of nitrogens with zero attached hydrogens (tertiary/aromatic N) is 1. The van der Waals surface area contributed by atoms with E-state index in [1.165, 1.54) is 11.3 Å². The van der Waals surface area contributed by atoms with E-state index in [4.69, 9.17) is 0 Å². The van der Waals surface area contributed by atoms with Crippen molar-refractivity contribution in [3.05, 3.63) is 45.7 Å². The molecule has 0 spiro atoms. The van der Waals surface area contributed by atoms with Crippen molar-refractivity contribution in [1.82, 2.24) is 4.90 Å². The number of halogens is 1. The van der Waals surface area contributed by atoms with E-state index in [1.54, 1.807) is 19.0 Å². The van der Waals surface area contributed by atoms with Gasteiger partial charge < -0.3 is 4.90 Å². The molecule has 0 aliphatic carbocycles. The van der Waals surface area contributed by atoms with Gasteiger partial charge >= 0.3 is 0 Å². The van der Waals surface area contributed by atoms with Crippen LogP contribution in [0, 0.1) is 0 Å². The Labute approximate surface area is 113 Å². The zero-order valence-corrected chi connectivity index (χ0v) is 12.0. The van der Waals surface area contributed by atoms with Crippen LogP contribution in [0.2, 0.25) is 0 Å². The fourth-order valence-corrected chi connectivity index (χ4v) is 2.74. The van der Waals surface area contributed by atoms with Crippen molar-refractivity contribution in [2.75, 3.05) is 14.1 Å². The van der Waals surface area contributed by atoms with Crippen LogP contribution in [0.25, 0.3) is 10.4 Å². The molecule has 2 rings (SSSR count). The van der Waals surface area contributed by atoms with Gasteiger partial charge in [-0.1, -0.05) is 28.1 Å². The number of hydrogen-bond acceptors (Lipinski definition) is 2. The van der Waals surface area contributed by atoms with E-state index in [0.29, 0.717) is 0 Å². The molecule has 17 heavy (non-hydrogen) atoms. The van der Waals surface area contributed by atoms with Gasteiger partial charge in [-0.15, -0.1) is 11.3 Å².